The minimum absolute atomic E-state index is 0.246. The van der Waals surface area contributed by atoms with Gasteiger partial charge in [-0.3, -0.25) is 0 Å². The number of aromatic carboxylic acids is 1. The predicted octanol–water partition coefficient (Wildman–Crippen LogP) is 0.891. The fraction of sp³-hybridized carbons (Fsp3) is 0.571. The Morgan fingerprint density at radius 3 is 2.83 bits per heavy atom. The summed E-state index contributed by atoms with van der Waals surface area (Å²) in [4.78, 5) is 14.1. The van der Waals surface area contributed by atoms with Crippen LogP contribution in [-0.2, 0) is 0 Å². The molecule has 5 nitrogen and oxygen atoms in total. The van der Waals surface area contributed by atoms with E-state index in [1.54, 1.807) is 0 Å². The van der Waals surface area contributed by atoms with E-state index in [9.17, 15) is 4.79 Å². The van der Waals surface area contributed by atoms with E-state index in [1.165, 1.54) is 0 Å². The zero-order valence-electron chi connectivity index (χ0n) is 6.52. The van der Waals surface area contributed by atoms with E-state index in [-0.39, 0.29) is 11.7 Å². The van der Waals surface area contributed by atoms with Gasteiger partial charge in [-0.25, -0.2) is 4.79 Å². The Morgan fingerprint density at radius 2 is 2.42 bits per heavy atom. The molecule has 0 radical (unpaired) electrons. The molecule has 0 spiro atoms. The Kier molecular flexibility index (Phi) is 1.39. The van der Waals surface area contributed by atoms with Gasteiger partial charge in [-0.05, 0) is 17.5 Å². The number of nitrogens with zero attached hydrogens (tertiary/aromatic N) is 2. The summed E-state index contributed by atoms with van der Waals surface area (Å²) in [5.41, 5.74) is 0. The largest absolute Gasteiger partial charge is 0.475 e. The molecule has 1 heterocycles. The lowest BCUT2D eigenvalue weighted by atomic mass is 10.3. The average Bonchev–Trinajstić information content (AvgIpc) is 2.59. The van der Waals surface area contributed by atoms with Crippen LogP contribution in [0.4, 0.5) is 0 Å². The first kappa shape index (κ1) is 7.27. The molecular weight excluding hydrogens is 160 g/mol. The highest BCUT2D eigenvalue weighted by Crippen LogP contribution is 2.45. The summed E-state index contributed by atoms with van der Waals surface area (Å²) in [7, 11) is 0. The molecule has 1 aromatic rings. The van der Waals surface area contributed by atoms with Crippen molar-refractivity contribution in [2.45, 2.75) is 19.3 Å². The van der Waals surface area contributed by atoms with E-state index in [2.05, 4.69) is 17.1 Å². The summed E-state index contributed by atoms with van der Waals surface area (Å²) in [6.07, 6.45) is 1.02. The van der Waals surface area contributed by atoms with Crippen LogP contribution in [0, 0.1) is 5.92 Å². The SMILES string of the molecule is CC1CC1c1nc(C(=O)O)no1. The Labute approximate surface area is 68.4 Å². The van der Waals surface area contributed by atoms with E-state index >= 15 is 0 Å². The summed E-state index contributed by atoms with van der Waals surface area (Å²) in [5.74, 6) is -0.0972. The van der Waals surface area contributed by atoms with Crippen molar-refractivity contribution < 1.29 is 14.4 Å². The maximum atomic E-state index is 10.4. The number of hydrogen-bond acceptors (Lipinski definition) is 4. The summed E-state index contributed by atoms with van der Waals surface area (Å²) < 4.78 is 4.78. The van der Waals surface area contributed by atoms with Gasteiger partial charge < -0.3 is 9.63 Å². The number of hydrogen-bond donors (Lipinski definition) is 1. The van der Waals surface area contributed by atoms with Gasteiger partial charge in [0.1, 0.15) is 0 Å². The van der Waals surface area contributed by atoms with Crippen LogP contribution in [0.2, 0.25) is 0 Å². The number of aromatic nitrogens is 2. The second-order valence-electron chi connectivity index (χ2n) is 3.08. The lowest BCUT2D eigenvalue weighted by Crippen LogP contribution is -1.98. The number of rotatable bonds is 2. The standard InChI is InChI=1S/C7H8N2O3/c1-3-2-4(3)6-8-5(7(10)11)9-12-6/h3-4H,2H2,1H3,(H,10,11). The molecule has 1 N–H and O–H groups in total. The van der Waals surface area contributed by atoms with Gasteiger partial charge in [0.2, 0.25) is 5.89 Å². The summed E-state index contributed by atoms with van der Waals surface area (Å²) >= 11 is 0. The zero-order valence-corrected chi connectivity index (χ0v) is 6.52. The van der Waals surface area contributed by atoms with Crippen LogP contribution < -0.4 is 0 Å². The monoisotopic (exact) mass is 168 g/mol. The van der Waals surface area contributed by atoms with E-state index in [0.29, 0.717) is 11.8 Å². The molecule has 2 atom stereocenters. The van der Waals surface area contributed by atoms with Crippen molar-refractivity contribution in [1.82, 2.24) is 10.1 Å². The second-order valence-corrected chi connectivity index (χ2v) is 3.08. The van der Waals surface area contributed by atoms with Crippen molar-refractivity contribution in [2.24, 2.45) is 5.92 Å². The third-order valence-corrected chi connectivity index (χ3v) is 2.06. The van der Waals surface area contributed by atoms with Gasteiger partial charge in [0.25, 0.3) is 5.82 Å². The number of carboxylic acids is 1. The molecule has 1 saturated carbocycles. The highest BCUT2D eigenvalue weighted by Gasteiger charge is 2.39. The molecule has 0 amide bonds. The van der Waals surface area contributed by atoms with Crippen molar-refractivity contribution in [3.8, 4) is 0 Å². The lowest BCUT2D eigenvalue weighted by Gasteiger charge is -1.82. The van der Waals surface area contributed by atoms with E-state index < -0.39 is 5.97 Å². The zero-order chi connectivity index (χ0) is 8.72. The lowest BCUT2D eigenvalue weighted by molar-refractivity contribution is 0.0680. The maximum Gasteiger partial charge on any atom is 0.377 e. The van der Waals surface area contributed by atoms with Crippen molar-refractivity contribution in [1.29, 1.82) is 0 Å². The highest BCUT2D eigenvalue weighted by molar-refractivity contribution is 5.82. The summed E-state index contributed by atoms with van der Waals surface area (Å²) in [6, 6.07) is 0. The molecule has 1 fully saturated rings. The number of carbonyl (C=O) groups is 1. The molecule has 0 aromatic carbocycles. The fourth-order valence-corrected chi connectivity index (χ4v) is 1.14. The predicted molar refractivity (Wildman–Crippen MR) is 37.8 cm³/mol. The average molecular weight is 168 g/mol. The number of carboxylic acid groups (broad SMARTS) is 1. The van der Waals surface area contributed by atoms with Gasteiger partial charge in [-0.15, -0.1) is 0 Å². The Hall–Kier alpha value is -1.39. The van der Waals surface area contributed by atoms with Crippen LogP contribution in [-0.4, -0.2) is 21.2 Å². The van der Waals surface area contributed by atoms with Gasteiger partial charge in [0.15, 0.2) is 0 Å². The normalized spacial score (nSPS) is 27.1. The molecule has 5 heteroatoms. The van der Waals surface area contributed by atoms with Crippen molar-refractivity contribution >= 4 is 5.97 Å². The highest BCUT2D eigenvalue weighted by atomic mass is 16.5. The molecule has 2 rings (SSSR count). The van der Waals surface area contributed by atoms with Crippen LogP contribution in [0.1, 0.15) is 35.8 Å². The van der Waals surface area contributed by atoms with Crippen LogP contribution in [0.5, 0.6) is 0 Å². The molecule has 12 heavy (non-hydrogen) atoms. The first-order valence-electron chi connectivity index (χ1n) is 3.75. The van der Waals surface area contributed by atoms with Crippen LogP contribution >= 0.6 is 0 Å². The van der Waals surface area contributed by atoms with E-state index in [1.807, 2.05) is 0 Å². The van der Waals surface area contributed by atoms with Crippen molar-refractivity contribution in [3.63, 3.8) is 0 Å². The van der Waals surface area contributed by atoms with Gasteiger partial charge >= 0.3 is 5.97 Å². The van der Waals surface area contributed by atoms with Gasteiger partial charge in [-0.1, -0.05) is 6.92 Å². The van der Waals surface area contributed by atoms with E-state index in [4.69, 9.17) is 9.63 Å². The first-order chi connectivity index (χ1) is 5.68. The van der Waals surface area contributed by atoms with Crippen molar-refractivity contribution in [2.75, 3.05) is 0 Å². The second kappa shape index (κ2) is 2.30. The molecule has 1 aliphatic carbocycles. The summed E-state index contributed by atoms with van der Waals surface area (Å²) in [5, 5.41) is 11.8. The van der Waals surface area contributed by atoms with Crippen LogP contribution in [0.25, 0.3) is 0 Å². The van der Waals surface area contributed by atoms with Gasteiger partial charge in [0, 0.05) is 5.92 Å². The molecule has 1 aromatic heterocycles. The van der Waals surface area contributed by atoms with Gasteiger partial charge in [0.05, 0.1) is 0 Å². The fourth-order valence-electron chi connectivity index (χ4n) is 1.14. The Morgan fingerprint density at radius 1 is 1.75 bits per heavy atom. The third-order valence-electron chi connectivity index (χ3n) is 2.06. The Bertz CT molecular complexity index is 320. The molecule has 1 aliphatic rings. The first-order valence-corrected chi connectivity index (χ1v) is 3.75. The molecular formula is C7H8N2O3. The third kappa shape index (κ3) is 1.07. The molecule has 0 aliphatic heterocycles. The quantitative estimate of drug-likeness (QED) is 0.709. The van der Waals surface area contributed by atoms with Crippen molar-refractivity contribution in [3.05, 3.63) is 11.7 Å². The molecule has 64 valence electrons. The van der Waals surface area contributed by atoms with E-state index in [0.717, 1.165) is 6.42 Å². The smallest absolute Gasteiger partial charge is 0.377 e. The maximum absolute atomic E-state index is 10.4. The summed E-state index contributed by atoms with van der Waals surface area (Å²) in [6.45, 7) is 2.06. The minimum Gasteiger partial charge on any atom is -0.475 e. The topological polar surface area (TPSA) is 76.2 Å². The van der Waals surface area contributed by atoms with Crippen LogP contribution in [0.3, 0.4) is 0 Å². The van der Waals surface area contributed by atoms with Crippen LogP contribution in [0.15, 0.2) is 4.52 Å². The van der Waals surface area contributed by atoms with Gasteiger partial charge in [-0.2, -0.15) is 4.98 Å². The Balaban J connectivity index is 2.19. The molecule has 2 unspecified atom stereocenters. The molecule has 0 bridgehead atoms. The molecule has 0 saturated heterocycles. The minimum atomic E-state index is -1.14.